The highest BCUT2D eigenvalue weighted by Crippen LogP contribution is 2.22. The van der Waals surface area contributed by atoms with Crippen molar-refractivity contribution >= 4 is 14.0 Å². The second kappa shape index (κ2) is 4.87. The van der Waals surface area contributed by atoms with Gasteiger partial charge in [-0.25, -0.2) is 4.79 Å². The second-order valence-corrected chi connectivity index (χ2v) is 4.11. The van der Waals surface area contributed by atoms with E-state index in [1.54, 1.807) is 6.07 Å². The number of phenols is 1. The lowest BCUT2D eigenvalue weighted by atomic mass is 10.2. The smallest absolute Gasteiger partial charge is 0.354 e. The molecule has 0 aromatic heterocycles. The minimum Gasteiger partial charge on any atom is -0.593 e. The number of ether oxygens (including phenoxy) is 1. The summed E-state index contributed by atoms with van der Waals surface area (Å²) < 4.78 is 15.0. The van der Waals surface area contributed by atoms with Gasteiger partial charge in [-0.2, -0.15) is 0 Å². The quantitative estimate of drug-likeness (QED) is 0.615. The van der Waals surface area contributed by atoms with Gasteiger partial charge in [0.1, 0.15) is 11.3 Å². The summed E-state index contributed by atoms with van der Waals surface area (Å²) >= 11 is 0. The summed E-state index contributed by atoms with van der Waals surface area (Å²) in [5, 5.41) is 9.28. The molecule has 0 aliphatic rings. The molecule has 1 rings (SSSR count). The summed E-state index contributed by atoms with van der Waals surface area (Å²) in [7, 11) is -2.82. The molecule has 0 saturated heterocycles. The monoisotopic (exact) mass is 228 g/mol. The molecule has 1 aromatic carbocycles. The topological polar surface area (TPSA) is 86.7 Å². The average Bonchev–Trinajstić information content (AvgIpc) is 2.18. The lowest BCUT2D eigenvalue weighted by Gasteiger charge is -2.06. The zero-order valence-corrected chi connectivity index (χ0v) is 8.81. The molecule has 5 nitrogen and oxygen atoms in total. The van der Waals surface area contributed by atoms with Crippen molar-refractivity contribution in [3.05, 3.63) is 29.8 Å². The molecule has 2 unspecified atom stereocenters. The van der Waals surface area contributed by atoms with Crippen LogP contribution < -0.4 is 4.89 Å². The fraction of sp³-hybridized carbons (Fsp3) is 0.222. The highest BCUT2D eigenvalue weighted by molar-refractivity contribution is 7.37. The highest BCUT2D eigenvalue weighted by atomic mass is 31.1. The standard InChI is InChI=1S/C9H9O5P/c1-6(15(12)13)14-9(11)7-4-2-3-5-8(7)10/h2-6,10H,1H3. The molecular weight excluding hydrogens is 219 g/mol. The molecule has 0 fully saturated rings. The molecule has 6 heteroatoms. The maximum atomic E-state index is 11.3. The first-order valence-electron chi connectivity index (χ1n) is 4.15. The first-order chi connectivity index (χ1) is 7.02. The molecule has 0 saturated carbocycles. The summed E-state index contributed by atoms with van der Waals surface area (Å²) in [6.07, 6.45) is 0. The minimum atomic E-state index is -2.82. The van der Waals surface area contributed by atoms with E-state index in [0.29, 0.717) is 0 Å². The molecule has 2 atom stereocenters. The molecule has 0 bridgehead atoms. The van der Waals surface area contributed by atoms with E-state index in [0.717, 1.165) is 0 Å². The van der Waals surface area contributed by atoms with Crippen molar-refractivity contribution in [2.45, 2.75) is 12.8 Å². The van der Waals surface area contributed by atoms with Gasteiger partial charge in [-0.15, -0.1) is 0 Å². The number of benzene rings is 1. The van der Waals surface area contributed by atoms with E-state index in [9.17, 15) is 19.4 Å². The number of aromatic hydroxyl groups is 1. The lowest BCUT2D eigenvalue weighted by Crippen LogP contribution is -2.15. The van der Waals surface area contributed by atoms with E-state index < -0.39 is 19.8 Å². The van der Waals surface area contributed by atoms with Crippen LogP contribution in [0.5, 0.6) is 5.75 Å². The molecule has 0 spiro atoms. The van der Waals surface area contributed by atoms with Gasteiger partial charge >= 0.3 is 14.0 Å². The third kappa shape index (κ3) is 3.01. The Morgan fingerprint density at radius 2 is 2.13 bits per heavy atom. The predicted octanol–water partition coefficient (Wildman–Crippen LogP) is 0.998. The van der Waals surface area contributed by atoms with Crippen molar-refractivity contribution in [2.75, 3.05) is 0 Å². The molecule has 0 radical (unpaired) electrons. The predicted molar refractivity (Wildman–Crippen MR) is 50.6 cm³/mol. The number of hydrogen-bond acceptors (Lipinski definition) is 5. The van der Waals surface area contributed by atoms with Crippen molar-refractivity contribution < 1.29 is 24.1 Å². The first kappa shape index (κ1) is 11.6. The van der Waals surface area contributed by atoms with Crippen molar-refractivity contribution in [3.63, 3.8) is 0 Å². The number of hydrogen-bond donors (Lipinski definition) is 1. The zero-order chi connectivity index (χ0) is 11.4. The fourth-order valence-electron chi connectivity index (χ4n) is 0.908. The molecule has 0 aliphatic carbocycles. The number of phenolic OH excluding ortho intramolecular Hbond substituents is 1. The SMILES string of the molecule is CC(OC(=O)c1ccccc1O)[P+](=O)[O-]. The third-order valence-electron chi connectivity index (χ3n) is 1.70. The fourth-order valence-corrected chi connectivity index (χ4v) is 1.09. The van der Waals surface area contributed by atoms with Gasteiger partial charge in [-0.1, -0.05) is 16.7 Å². The first-order valence-corrected chi connectivity index (χ1v) is 5.39. The Hall–Kier alpha value is -1.45. The Bertz CT molecular complexity index is 390. The van der Waals surface area contributed by atoms with Gasteiger partial charge in [0.25, 0.3) is 5.85 Å². The van der Waals surface area contributed by atoms with E-state index in [2.05, 4.69) is 4.74 Å². The number of carbonyl (C=O) groups excluding carboxylic acids is 1. The Morgan fingerprint density at radius 1 is 1.53 bits per heavy atom. The van der Waals surface area contributed by atoms with Gasteiger partial charge in [0.05, 0.1) is 0 Å². The molecule has 1 N–H and O–H groups in total. The van der Waals surface area contributed by atoms with Gasteiger partial charge in [0.2, 0.25) is 0 Å². The van der Waals surface area contributed by atoms with Crippen molar-refractivity contribution in [1.82, 2.24) is 0 Å². The molecule has 1 aromatic rings. The maximum Gasteiger partial charge on any atom is 0.354 e. The number of para-hydroxylation sites is 1. The summed E-state index contributed by atoms with van der Waals surface area (Å²) in [6.45, 7) is 1.24. The Balaban J connectivity index is 2.78. The summed E-state index contributed by atoms with van der Waals surface area (Å²) in [5.74, 6) is -2.30. The van der Waals surface area contributed by atoms with Crippen molar-refractivity contribution in [1.29, 1.82) is 0 Å². The largest absolute Gasteiger partial charge is 0.593 e. The Labute approximate surface area is 87.2 Å². The molecule has 15 heavy (non-hydrogen) atoms. The van der Waals surface area contributed by atoms with Crippen molar-refractivity contribution in [3.8, 4) is 5.75 Å². The average molecular weight is 228 g/mol. The van der Waals surface area contributed by atoms with Crippen LogP contribution in [0.4, 0.5) is 0 Å². The molecule has 0 amide bonds. The second-order valence-electron chi connectivity index (χ2n) is 2.81. The highest BCUT2D eigenvalue weighted by Gasteiger charge is 2.22. The summed E-state index contributed by atoms with van der Waals surface area (Å²) in [6, 6.07) is 5.75. The number of rotatable bonds is 3. The Morgan fingerprint density at radius 3 is 2.67 bits per heavy atom. The van der Waals surface area contributed by atoms with E-state index in [1.807, 2.05) is 0 Å². The Kier molecular flexibility index (Phi) is 3.77. The lowest BCUT2D eigenvalue weighted by molar-refractivity contribution is -0.171. The van der Waals surface area contributed by atoms with Crippen LogP contribution in [0.25, 0.3) is 0 Å². The third-order valence-corrected chi connectivity index (χ3v) is 2.40. The van der Waals surface area contributed by atoms with Gasteiger partial charge in [0, 0.05) is 6.92 Å². The number of carbonyl (C=O) groups is 1. The van der Waals surface area contributed by atoms with Crippen molar-refractivity contribution in [2.24, 2.45) is 0 Å². The van der Waals surface area contributed by atoms with Crippen LogP contribution in [0, 0.1) is 0 Å². The number of esters is 1. The van der Waals surface area contributed by atoms with Crippen LogP contribution in [0.15, 0.2) is 24.3 Å². The summed E-state index contributed by atoms with van der Waals surface area (Å²) in [4.78, 5) is 21.8. The van der Waals surface area contributed by atoms with Gasteiger partial charge in [-0.3, -0.25) is 0 Å². The van der Waals surface area contributed by atoms with E-state index in [-0.39, 0.29) is 11.3 Å². The zero-order valence-electron chi connectivity index (χ0n) is 7.91. The summed E-state index contributed by atoms with van der Waals surface area (Å²) in [5.41, 5.74) is -0.0544. The van der Waals surface area contributed by atoms with E-state index in [4.69, 9.17) is 0 Å². The maximum absolute atomic E-state index is 11.3. The van der Waals surface area contributed by atoms with Crippen LogP contribution in [0.3, 0.4) is 0 Å². The minimum absolute atomic E-state index is 0.0544. The van der Waals surface area contributed by atoms with Crippen LogP contribution in [-0.4, -0.2) is 16.9 Å². The van der Waals surface area contributed by atoms with E-state index >= 15 is 0 Å². The molecule has 0 heterocycles. The molecule has 0 aliphatic heterocycles. The van der Waals surface area contributed by atoms with Gasteiger partial charge in [-0.05, 0) is 12.1 Å². The van der Waals surface area contributed by atoms with E-state index in [1.165, 1.54) is 25.1 Å². The van der Waals surface area contributed by atoms with Crippen LogP contribution >= 0.6 is 8.03 Å². The van der Waals surface area contributed by atoms with Crippen LogP contribution in [0.2, 0.25) is 0 Å². The van der Waals surface area contributed by atoms with Gasteiger partial charge < -0.3 is 14.7 Å². The molecule has 80 valence electrons. The molecular formula is C9H9O5P. The van der Waals surface area contributed by atoms with Crippen LogP contribution in [-0.2, 0) is 9.30 Å². The van der Waals surface area contributed by atoms with Crippen LogP contribution in [0.1, 0.15) is 17.3 Å². The van der Waals surface area contributed by atoms with Gasteiger partial charge in [0.15, 0.2) is 0 Å². The normalized spacial score (nSPS) is 13.1.